The van der Waals surface area contributed by atoms with Gasteiger partial charge in [0.1, 0.15) is 0 Å². The predicted octanol–water partition coefficient (Wildman–Crippen LogP) is 4.52. The number of thioether (sulfide) groups is 1. The molecule has 3 rings (SSSR count). The molecule has 33 heavy (non-hydrogen) atoms. The molecule has 0 amide bonds. The zero-order chi connectivity index (χ0) is 24.0. The first-order valence-corrected chi connectivity index (χ1v) is 11.3. The molecule has 176 valence electrons. The smallest absolute Gasteiger partial charge is 0.203 e. The number of ketones is 1. The molecular formula is C25H28O7S. The van der Waals surface area contributed by atoms with E-state index in [1.54, 1.807) is 66.6 Å². The Morgan fingerprint density at radius 2 is 1.00 bits per heavy atom. The SMILES string of the molecule is COc1ccc(/C=C2\CSC/C(=C/c3ccc(OC)c(OC)c3OC)C2=O)c(OC)c1OC. The lowest BCUT2D eigenvalue weighted by atomic mass is 9.99. The van der Waals surface area contributed by atoms with Gasteiger partial charge in [0.05, 0.1) is 42.7 Å². The molecule has 0 aliphatic carbocycles. The molecule has 0 spiro atoms. The fourth-order valence-corrected chi connectivity index (χ4v) is 4.64. The Labute approximate surface area is 198 Å². The summed E-state index contributed by atoms with van der Waals surface area (Å²) >= 11 is 1.66. The minimum atomic E-state index is -0.0255. The molecule has 0 N–H and O–H groups in total. The standard InChI is InChI=1S/C25H28O7S/c1-27-19-9-7-15(22(29-3)24(19)31-5)11-17-13-33-14-18(21(17)26)12-16-8-10-20(28-2)25(32-6)23(16)30-4/h7-12H,13-14H2,1-6H3/b17-11-,18-12+. The van der Waals surface area contributed by atoms with Gasteiger partial charge < -0.3 is 28.4 Å². The van der Waals surface area contributed by atoms with Crippen molar-refractivity contribution in [1.82, 2.24) is 0 Å². The Bertz CT molecular complexity index is 1010. The summed E-state index contributed by atoms with van der Waals surface area (Å²) in [5.41, 5.74) is 2.82. The molecule has 0 unspecified atom stereocenters. The van der Waals surface area contributed by atoms with Gasteiger partial charge in [-0.2, -0.15) is 11.8 Å². The molecule has 1 saturated heterocycles. The molecular weight excluding hydrogens is 444 g/mol. The highest BCUT2D eigenvalue weighted by molar-refractivity contribution is 7.99. The summed E-state index contributed by atoms with van der Waals surface area (Å²) in [5.74, 6) is 4.27. The lowest BCUT2D eigenvalue weighted by Gasteiger charge is -2.19. The zero-order valence-electron chi connectivity index (χ0n) is 19.6. The highest BCUT2D eigenvalue weighted by Crippen LogP contribution is 2.43. The van der Waals surface area contributed by atoms with E-state index in [2.05, 4.69) is 0 Å². The molecule has 2 aromatic rings. The van der Waals surface area contributed by atoms with Crippen LogP contribution in [0.3, 0.4) is 0 Å². The molecule has 0 aromatic heterocycles. The van der Waals surface area contributed by atoms with Gasteiger partial charge in [-0.1, -0.05) is 0 Å². The topological polar surface area (TPSA) is 72.5 Å². The van der Waals surface area contributed by atoms with Crippen molar-refractivity contribution in [3.05, 3.63) is 46.5 Å². The number of rotatable bonds is 8. The van der Waals surface area contributed by atoms with E-state index in [9.17, 15) is 4.79 Å². The molecule has 2 aromatic carbocycles. The van der Waals surface area contributed by atoms with Crippen LogP contribution in [0.15, 0.2) is 35.4 Å². The van der Waals surface area contributed by atoms with E-state index in [1.165, 1.54) is 0 Å². The molecule has 0 saturated carbocycles. The van der Waals surface area contributed by atoms with E-state index in [-0.39, 0.29) is 5.78 Å². The first kappa shape index (κ1) is 24.4. The quantitative estimate of drug-likeness (QED) is 0.520. The lowest BCUT2D eigenvalue weighted by molar-refractivity contribution is -0.112. The summed E-state index contributed by atoms with van der Waals surface area (Å²) in [6.07, 6.45) is 3.68. The summed E-state index contributed by atoms with van der Waals surface area (Å²) < 4.78 is 32.8. The highest BCUT2D eigenvalue weighted by atomic mass is 32.2. The van der Waals surface area contributed by atoms with E-state index in [0.717, 1.165) is 11.1 Å². The van der Waals surface area contributed by atoms with Crippen LogP contribution in [0.2, 0.25) is 0 Å². The molecule has 1 aliphatic heterocycles. The fourth-order valence-electron chi connectivity index (χ4n) is 3.67. The van der Waals surface area contributed by atoms with Gasteiger partial charge >= 0.3 is 0 Å². The van der Waals surface area contributed by atoms with E-state index >= 15 is 0 Å². The van der Waals surface area contributed by atoms with Crippen LogP contribution in [0.1, 0.15) is 11.1 Å². The Kier molecular flexibility index (Phi) is 8.16. The average Bonchev–Trinajstić information content (AvgIpc) is 2.85. The third kappa shape index (κ3) is 4.90. The Balaban J connectivity index is 2.02. The third-order valence-corrected chi connectivity index (χ3v) is 6.26. The number of carbonyl (C=O) groups is 1. The van der Waals surface area contributed by atoms with E-state index < -0.39 is 0 Å². The van der Waals surface area contributed by atoms with Crippen molar-refractivity contribution in [2.75, 3.05) is 54.2 Å². The van der Waals surface area contributed by atoms with Gasteiger partial charge in [0.25, 0.3) is 0 Å². The van der Waals surface area contributed by atoms with Crippen LogP contribution in [0.5, 0.6) is 34.5 Å². The fraction of sp³-hybridized carbons (Fsp3) is 0.320. The molecule has 7 nitrogen and oxygen atoms in total. The summed E-state index contributed by atoms with van der Waals surface area (Å²) in [4.78, 5) is 13.3. The van der Waals surface area contributed by atoms with Crippen molar-refractivity contribution in [3.63, 3.8) is 0 Å². The molecule has 1 aliphatic rings. The second-order valence-electron chi connectivity index (χ2n) is 7.01. The maximum Gasteiger partial charge on any atom is 0.203 e. The second-order valence-corrected chi connectivity index (χ2v) is 7.99. The van der Waals surface area contributed by atoms with Crippen molar-refractivity contribution in [1.29, 1.82) is 0 Å². The van der Waals surface area contributed by atoms with E-state index in [1.807, 2.05) is 24.3 Å². The van der Waals surface area contributed by atoms with Crippen molar-refractivity contribution in [2.24, 2.45) is 0 Å². The number of ether oxygens (including phenoxy) is 6. The summed E-state index contributed by atoms with van der Waals surface area (Å²) in [7, 11) is 9.36. The molecule has 1 heterocycles. The van der Waals surface area contributed by atoms with Crippen LogP contribution in [0, 0.1) is 0 Å². The largest absolute Gasteiger partial charge is 0.493 e. The molecule has 8 heteroatoms. The number of methoxy groups -OCH3 is 6. The minimum Gasteiger partial charge on any atom is -0.493 e. The molecule has 0 bridgehead atoms. The number of Topliss-reactive ketones (excluding diaryl/α,β-unsaturated/α-hetero) is 1. The van der Waals surface area contributed by atoms with Crippen molar-refractivity contribution in [3.8, 4) is 34.5 Å². The third-order valence-electron chi connectivity index (χ3n) is 5.23. The Hall–Kier alpha value is -3.26. The van der Waals surface area contributed by atoms with Crippen LogP contribution in [-0.2, 0) is 4.79 Å². The highest BCUT2D eigenvalue weighted by Gasteiger charge is 2.24. The average molecular weight is 473 g/mol. The van der Waals surface area contributed by atoms with E-state index in [4.69, 9.17) is 28.4 Å². The van der Waals surface area contributed by atoms with E-state index in [0.29, 0.717) is 57.1 Å². The predicted molar refractivity (Wildman–Crippen MR) is 130 cm³/mol. The van der Waals surface area contributed by atoms with Gasteiger partial charge in [-0.3, -0.25) is 4.79 Å². The molecule has 0 atom stereocenters. The monoisotopic (exact) mass is 472 g/mol. The Morgan fingerprint density at radius 1 is 0.606 bits per heavy atom. The van der Waals surface area contributed by atoms with Crippen LogP contribution >= 0.6 is 11.8 Å². The number of hydrogen-bond acceptors (Lipinski definition) is 8. The zero-order valence-corrected chi connectivity index (χ0v) is 20.5. The normalized spacial score (nSPS) is 16.0. The van der Waals surface area contributed by atoms with Gasteiger partial charge in [-0.25, -0.2) is 0 Å². The lowest BCUT2D eigenvalue weighted by Crippen LogP contribution is -2.16. The molecule has 1 fully saturated rings. The van der Waals surface area contributed by atoms with Crippen LogP contribution in [0.4, 0.5) is 0 Å². The van der Waals surface area contributed by atoms with Crippen molar-refractivity contribution >= 4 is 29.7 Å². The Morgan fingerprint density at radius 3 is 1.33 bits per heavy atom. The maximum absolute atomic E-state index is 13.3. The van der Waals surface area contributed by atoms with Crippen molar-refractivity contribution in [2.45, 2.75) is 0 Å². The molecule has 0 radical (unpaired) electrons. The minimum absolute atomic E-state index is 0.0255. The number of benzene rings is 2. The van der Waals surface area contributed by atoms with Crippen LogP contribution in [0.25, 0.3) is 12.2 Å². The summed E-state index contributed by atoms with van der Waals surface area (Å²) in [6.45, 7) is 0. The van der Waals surface area contributed by atoms with Gasteiger partial charge in [0.15, 0.2) is 28.8 Å². The van der Waals surface area contributed by atoms with Crippen LogP contribution < -0.4 is 28.4 Å². The first-order valence-electron chi connectivity index (χ1n) is 10.1. The van der Waals surface area contributed by atoms with Crippen LogP contribution in [-0.4, -0.2) is 59.9 Å². The van der Waals surface area contributed by atoms with Gasteiger partial charge in [-0.15, -0.1) is 0 Å². The summed E-state index contributed by atoms with van der Waals surface area (Å²) in [5, 5.41) is 0. The maximum atomic E-state index is 13.3. The van der Waals surface area contributed by atoms with Gasteiger partial charge in [0.2, 0.25) is 11.5 Å². The number of hydrogen-bond donors (Lipinski definition) is 0. The van der Waals surface area contributed by atoms with Gasteiger partial charge in [-0.05, 0) is 36.4 Å². The second kappa shape index (κ2) is 11.0. The summed E-state index contributed by atoms with van der Waals surface area (Å²) in [6, 6.07) is 7.28. The van der Waals surface area contributed by atoms with Gasteiger partial charge in [0, 0.05) is 33.8 Å². The number of carbonyl (C=O) groups excluding carboxylic acids is 1. The van der Waals surface area contributed by atoms with Crippen molar-refractivity contribution < 1.29 is 33.2 Å². The first-order chi connectivity index (χ1) is 16.0.